The maximum absolute atomic E-state index is 8.56. The van der Waals surface area contributed by atoms with Crippen LogP contribution in [0.3, 0.4) is 0 Å². The Labute approximate surface area is 148 Å². The van der Waals surface area contributed by atoms with E-state index in [0.717, 1.165) is 20.1 Å². The second kappa shape index (κ2) is 7.49. The van der Waals surface area contributed by atoms with Crippen molar-refractivity contribution in [3.8, 4) is 5.75 Å². The third kappa shape index (κ3) is 4.36. The fourth-order valence-electron chi connectivity index (χ4n) is 1.64. The van der Waals surface area contributed by atoms with Gasteiger partial charge in [-0.3, -0.25) is 0 Å². The minimum absolute atomic E-state index is 0.349. The van der Waals surface area contributed by atoms with Gasteiger partial charge in [0, 0.05) is 0 Å². The van der Waals surface area contributed by atoms with Crippen molar-refractivity contribution < 1.29 is 9.94 Å². The van der Waals surface area contributed by atoms with Gasteiger partial charge in [0.2, 0.25) is 0 Å². The lowest BCUT2D eigenvalue weighted by Crippen LogP contribution is -1.98. The van der Waals surface area contributed by atoms with E-state index in [1.807, 2.05) is 6.07 Å². The molecule has 2 rings (SSSR count). The first-order valence-electron chi connectivity index (χ1n) is 5.74. The SMILES string of the molecule is O/N=C\c1cc(Br)c(OCc2ccc(Cl)c(Cl)c2)c(Br)c1. The molecule has 0 saturated heterocycles. The quantitative estimate of drug-likeness (QED) is 0.355. The highest BCUT2D eigenvalue weighted by molar-refractivity contribution is 9.11. The smallest absolute Gasteiger partial charge is 0.148 e. The van der Waals surface area contributed by atoms with E-state index in [2.05, 4.69) is 37.0 Å². The summed E-state index contributed by atoms with van der Waals surface area (Å²) in [5, 5.41) is 12.6. The van der Waals surface area contributed by atoms with E-state index in [-0.39, 0.29) is 0 Å². The molecule has 7 heteroatoms. The van der Waals surface area contributed by atoms with Crippen LogP contribution < -0.4 is 4.74 Å². The Kier molecular flexibility index (Phi) is 5.93. The predicted octanol–water partition coefficient (Wildman–Crippen LogP) is 5.91. The number of nitrogens with zero attached hydrogens (tertiary/aromatic N) is 1. The van der Waals surface area contributed by atoms with Gasteiger partial charge in [-0.1, -0.05) is 34.4 Å². The van der Waals surface area contributed by atoms with Crippen LogP contribution in [0.1, 0.15) is 11.1 Å². The van der Waals surface area contributed by atoms with Crippen LogP contribution in [0, 0.1) is 0 Å². The van der Waals surface area contributed by atoms with Gasteiger partial charge in [-0.15, -0.1) is 0 Å². The van der Waals surface area contributed by atoms with Gasteiger partial charge in [0.05, 0.1) is 25.2 Å². The summed E-state index contributed by atoms with van der Waals surface area (Å²) in [7, 11) is 0. The summed E-state index contributed by atoms with van der Waals surface area (Å²) in [5.41, 5.74) is 1.64. The summed E-state index contributed by atoms with van der Waals surface area (Å²) >= 11 is 18.7. The number of hydrogen-bond donors (Lipinski definition) is 1. The number of rotatable bonds is 4. The standard InChI is InChI=1S/C14H9Br2Cl2NO2/c15-10-3-9(6-19-20)4-11(16)14(10)21-7-8-1-2-12(17)13(18)5-8/h1-6,20H,7H2/b19-6-. The van der Waals surface area contributed by atoms with Crippen LogP contribution in [0.2, 0.25) is 10.0 Å². The van der Waals surface area contributed by atoms with Gasteiger partial charge in [0.25, 0.3) is 0 Å². The maximum Gasteiger partial charge on any atom is 0.148 e. The van der Waals surface area contributed by atoms with Crippen LogP contribution in [0.15, 0.2) is 44.4 Å². The maximum atomic E-state index is 8.56. The van der Waals surface area contributed by atoms with E-state index in [1.54, 1.807) is 24.3 Å². The van der Waals surface area contributed by atoms with Gasteiger partial charge < -0.3 is 9.94 Å². The van der Waals surface area contributed by atoms with E-state index in [4.69, 9.17) is 33.1 Å². The van der Waals surface area contributed by atoms with Gasteiger partial charge in [0.15, 0.2) is 0 Å². The lowest BCUT2D eigenvalue weighted by molar-refractivity contribution is 0.302. The number of oxime groups is 1. The minimum Gasteiger partial charge on any atom is -0.487 e. The lowest BCUT2D eigenvalue weighted by atomic mass is 10.2. The first-order valence-corrected chi connectivity index (χ1v) is 8.08. The van der Waals surface area contributed by atoms with Gasteiger partial charge in [-0.25, -0.2) is 0 Å². The first kappa shape index (κ1) is 16.6. The highest BCUT2D eigenvalue weighted by Gasteiger charge is 2.09. The molecule has 1 N–H and O–H groups in total. The second-order valence-electron chi connectivity index (χ2n) is 4.10. The van der Waals surface area contributed by atoms with Gasteiger partial charge in [0.1, 0.15) is 12.4 Å². The molecule has 0 unspecified atom stereocenters. The zero-order valence-electron chi connectivity index (χ0n) is 10.5. The van der Waals surface area contributed by atoms with Crippen molar-refractivity contribution in [2.45, 2.75) is 6.61 Å². The summed E-state index contributed by atoms with van der Waals surface area (Å²) in [6.07, 6.45) is 1.33. The first-order chi connectivity index (χ1) is 10.0. The molecular weight excluding hydrogens is 445 g/mol. The Hall–Kier alpha value is -0.750. The summed E-state index contributed by atoms with van der Waals surface area (Å²) in [4.78, 5) is 0. The Balaban J connectivity index is 2.18. The van der Waals surface area contributed by atoms with Gasteiger partial charge >= 0.3 is 0 Å². The molecular formula is C14H9Br2Cl2NO2. The molecule has 0 bridgehead atoms. The Bertz CT molecular complexity index is 670. The van der Waals surface area contributed by atoms with Gasteiger partial charge in [-0.2, -0.15) is 0 Å². The number of hydrogen-bond acceptors (Lipinski definition) is 3. The normalized spacial score (nSPS) is 11.0. The van der Waals surface area contributed by atoms with Crippen LogP contribution in [0.5, 0.6) is 5.75 Å². The zero-order valence-corrected chi connectivity index (χ0v) is 15.2. The summed E-state index contributed by atoms with van der Waals surface area (Å²) < 4.78 is 7.26. The number of ether oxygens (including phenoxy) is 1. The van der Waals surface area contributed by atoms with E-state index in [1.165, 1.54) is 6.21 Å². The lowest BCUT2D eigenvalue weighted by Gasteiger charge is -2.11. The minimum atomic E-state index is 0.349. The van der Waals surface area contributed by atoms with Crippen LogP contribution in [-0.2, 0) is 6.61 Å². The van der Waals surface area contributed by atoms with E-state index in [0.29, 0.717) is 22.4 Å². The monoisotopic (exact) mass is 451 g/mol. The molecule has 0 aromatic heterocycles. The molecule has 0 aliphatic carbocycles. The highest BCUT2D eigenvalue weighted by Crippen LogP contribution is 2.35. The molecule has 110 valence electrons. The largest absolute Gasteiger partial charge is 0.487 e. The van der Waals surface area contributed by atoms with Crippen LogP contribution >= 0.6 is 55.1 Å². The molecule has 0 amide bonds. The van der Waals surface area contributed by atoms with Crippen molar-refractivity contribution in [3.05, 3.63) is 60.4 Å². The molecule has 2 aromatic carbocycles. The molecule has 0 fully saturated rings. The predicted molar refractivity (Wildman–Crippen MR) is 92.0 cm³/mol. The van der Waals surface area contributed by atoms with Crippen molar-refractivity contribution in [2.24, 2.45) is 5.16 Å². The molecule has 0 aliphatic rings. The fraction of sp³-hybridized carbons (Fsp3) is 0.0714. The summed E-state index contributed by atoms with van der Waals surface area (Å²) in [6.45, 7) is 0.349. The Morgan fingerprint density at radius 2 is 1.76 bits per heavy atom. The van der Waals surface area contributed by atoms with Gasteiger partial charge in [-0.05, 0) is 67.3 Å². The summed E-state index contributed by atoms with van der Waals surface area (Å²) in [6, 6.07) is 8.91. The average Bonchev–Trinajstić information content (AvgIpc) is 2.42. The molecule has 0 saturated carbocycles. The Morgan fingerprint density at radius 3 is 2.33 bits per heavy atom. The van der Waals surface area contributed by atoms with E-state index in [9.17, 15) is 0 Å². The average molecular weight is 454 g/mol. The number of halogens is 4. The zero-order chi connectivity index (χ0) is 15.4. The fourth-order valence-corrected chi connectivity index (χ4v) is 3.41. The molecule has 0 spiro atoms. The van der Waals surface area contributed by atoms with Crippen molar-refractivity contribution in [2.75, 3.05) is 0 Å². The van der Waals surface area contributed by atoms with Crippen molar-refractivity contribution in [3.63, 3.8) is 0 Å². The third-order valence-corrected chi connectivity index (χ3v) is 4.51. The van der Waals surface area contributed by atoms with Crippen molar-refractivity contribution in [1.29, 1.82) is 0 Å². The molecule has 0 heterocycles. The topological polar surface area (TPSA) is 41.8 Å². The van der Waals surface area contributed by atoms with E-state index >= 15 is 0 Å². The highest BCUT2D eigenvalue weighted by atomic mass is 79.9. The molecule has 21 heavy (non-hydrogen) atoms. The molecule has 3 nitrogen and oxygen atoms in total. The van der Waals surface area contributed by atoms with E-state index < -0.39 is 0 Å². The van der Waals surface area contributed by atoms with Crippen LogP contribution in [0.25, 0.3) is 0 Å². The van der Waals surface area contributed by atoms with Crippen molar-refractivity contribution >= 4 is 61.3 Å². The molecule has 0 aliphatic heterocycles. The van der Waals surface area contributed by atoms with Crippen LogP contribution in [0.4, 0.5) is 0 Å². The second-order valence-corrected chi connectivity index (χ2v) is 6.62. The van der Waals surface area contributed by atoms with Crippen LogP contribution in [-0.4, -0.2) is 11.4 Å². The third-order valence-electron chi connectivity index (χ3n) is 2.59. The molecule has 2 aromatic rings. The summed E-state index contributed by atoms with van der Waals surface area (Å²) in [5.74, 6) is 0.649. The Morgan fingerprint density at radius 1 is 1.10 bits per heavy atom. The van der Waals surface area contributed by atoms with Crippen molar-refractivity contribution in [1.82, 2.24) is 0 Å². The molecule has 0 atom stereocenters. The molecule has 0 radical (unpaired) electrons. The number of benzene rings is 2.